The molecule has 1 aromatic carbocycles. The van der Waals surface area contributed by atoms with Crippen LogP contribution in [0.4, 0.5) is 4.79 Å². The molecule has 2 heterocycles. The van der Waals surface area contributed by atoms with Crippen LogP contribution in [0, 0.1) is 11.8 Å². The predicted molar refractivity (Wildman–Crippen MR) is 95.3 cm³/mol. The van der Waals surface area contributed by atoms with Crippen molar-refractivity contribution in [2.75, 3.05) is 13.1 Å². The molecule has 3 fully saturated rings. The lowest BCUT2D eigenvalue weighted by molar-refractivity contribution is 0.171. The molecule has 132 valence electrons. The first-order chi connectivity index (χ1) is 12.3. The van der Waals surface area contributed by atoms with Crippen LogP contribution in [0.3, 0.4) is 0 Å². The topological polar surface area (TPSA) is 58.4 Å². The van der Waals surface area contributed by atoms with Crippen molar-refractivity contribution in [2.45, 2.75) is 50.5 Å². The van der Waals surface area contributed by atoms with E-state index in [1.807, 2.05) is 29.2 Å². The number of carbonyl (C=O) groups is 1. The molecule has 1 aliphatic heterocycles. The van der Waals surface area contributed by atoms with Crippen LogP contribution < -0.4 is 5.32 Å². The highest BCUT2D eigenvalue weighted by Crippen LogP contribution is 2.44. The van der Waals surface area contributed by atoms with Gasteiger partial charge in [0.1, 0.15) is 5.52 Å². The maximum Gasteiger partial charge on any atom is 0.317 e. The van der Waals surface area contributed by atoms with Crippen LogP contribution in [0.1, 0.15) is 50.3 Å². The molecule has 0 bridgehead atoms. The fraction of sp³-hybridized carbons (Fsp3) is 0.600. The van der Waals surface area contributed by atoms with Gasteiger partial charge in [-0.25, -0.2) is 9.78 Å². The van der Waals surface area contributed by atoms with E-state index in [9.17, 15) is 4.79 Å². The zero-order chi connectivity index (χ0) is 16.8. The van der Waals surface area contributed by atoms with Gasteiger partial charge in [0.2, 0.25) is 0 Å². The van der Waals surface area contributed by atoms with Gasteiger partial charge in [0.25, 0.3) is 0 Å². The average Bonchev–Trinajstić information content (AvgIpc) is 3.57. The molecule has 3 aliphatic rings. The number of aromatic nitrogens is 1. The number of urea groups is 1. The van der Waals surface area contributed by atoms with Crippen molar-refractivity contribution < 1.29 is 9.21 Å². The van der Waals surface area contributed by atoms with Crippen molar-refractivity contribution >= 4 is 17.1 Å². The lowest BCUT2D eigenvalue weighted by Gasteiger charge is -2.32. The molecule has 0 unspecified atom stereocenters. The predicted octanol–water partition coefficient (Wildman–Crippen LogP) is 3.91. The highest BCUT2D eigenvalue weighted by molar-refractivity contribution is 5.75. The standard InChI is InChI=1S/C20H25N3O2/c24-20(22-18(13-5-6-13)14-7-8-14)23-11-9-15(10-12-23)19-21-16-3-1-2-4-17(16)25-19/h1-4,13-15,18H,5-12H2,(H,22,24). The molecule has 0 radical (unpaired) electrons. The molecule has 1 aromatic heterocycles. The maximum absolute atomic E-state index is 12.6. The first-order valence-corrected chi connectivity index (χ1v) is 9.69. The number of oxazole rings is 1. The largest absolute Gasteiger partial charge is 0.440 e. The van der Waals surface area contributed by atoms with Gasteiger partial charge in [-0.15, -0.1) is 0 Å². The zero-order valence-corrected chi connectivity index (χ0v) is 14.5. The van der Waals surface area contributed by atoms with Gasteiger partial charge in [0.15, 0.2) is 11.5 Å². The number of hydrogen-bond acceptors (Lipinski definition) is 3. The van der Waals surface area contributed by atoms with E-state index in [4.69, 9.17) is 4.42 Å². The van der Waals surface area contributed by atoms with E-state index in [2.05, 4.69) is 10.3 Å². The van der Waals surface area contributed by atoms with Crippen molar-refractivity contribution in [2.24, 2.45) is 11.8 Å². The molecular formula is C20H25N3O2. The monoisotopic (exact) mass is 339 g/mol. The molecule has 5 nitrogen and oxygen atoms in total. The summed E-state index contributed by atoms with van der Waals surface area (Å²) < 4.78 is 5.92. The SMILES string of the molecule is O=C(NC(C1CC1)C1CC1)N1CCC(c2nc3ccccc3o2)CC1. The van der Waals surface area contributed by atoms with Crippen molar-refractivity contribution in [3.63, 3.8) is 0 Å². The molecule has 25 heavy (non-hydrogen) atoms. The van der Waals surface area contributed by atoms with E-state index in [-0.39, 0.29) is 6.03 Å². The summed E-state index contributed by atoms with van der Waals surface area (Å²) in [4.78, 5) is 19.2. The minimum Gasteiger partial charge on any atom is -0.440 e. The van der Waals surface area contributed by atoms with E-state index in [0.29, 0.717) is 12.0 Å². The first-order valence-electron chi connectivity index (χ1n) is 9.69. The van der Waals surface area contributed by atoms with Gasteiger partial charge in [-0.2, -0.15) is 0 Å². The third-order valence-corrected chi connectivity index (χ3v) is 5.99. The number of para-hydroxylation sites is 2. The summed E-state index contributed by atoms with van der Waals surface area (Å²) in [5.74, 6) is 2.64. The van der Waals surface area contributed by atoms with Gasteiger partial charge in [0.05, 0.1) is 0 Å². The number of carbonyl (C=O) groups excluding carboxylic acids is 1. The second-order valence-electron chi connectivity index (χ2n) is 7.93. The van der Waals surface area contributed by atoms with Gasteiger partial charge in [-0.05, 0) is 62.5 Å². The second kappa shape index (κ2) is 6.04. The van der Waals surface area contributed by atoms with Crippen molar-refractivity contribution in [3.8, 4) is 0 Å². The molecule has 2 aliphatic carbocycles. The summed E-state index contributed by atoms with van der Waals surface area (Å²) >= 11 is 0. The van der Waals surface area contributed by atoms with E-state index in [1.165, 1.54) is 25.7 Å². The van der Waals surface area contributed by atoms with Crippen LogP contribution in [0.15, 0.2) is 28.7 Å². The number of piperidine rings is 1. The Bertz CT molecular complexity index is 725. The molecule has 2 amide bonds. The summed E-state index contributed by atoms with van der Waals surface area (Å²) in [6.07, 6.45) is 7.03. The fourth-order valence-corrected chi connectivity index (χ4v) is 4.16. The Morgan fingerprint density at radius 2 is 1.76 bits per heavy atom. The molecule has 5 heteroatoms. The van der Waals surface area contributed by atoms with Crippen LogP contribution in [-0.4, -0.2) is 35.0 Å². The van der Waals surface area contributed by atoms with Crippen molar-refractivity contribution in [1.82, 2.24) is 15.2 Å². The Morgan fingerprint density at radius 3 is 2.40 bits per heavy atom. The first kappa shape index (κ1) is 15.2. The van der Waals surface area contributed by atoms with E-state index in [0.717, 1.165) is 54.8 Å². The number of rotatable bonds is 4. The van der Waals surface area contributed by atoms with Gasteiger partial charge in [0, 0.05) is 25.0 Å². The van der Waals surface area contributed by atoms with Crippen LogP contribution in [0.25, 0.3) is 11.1 Å². The number of hydrogen-bond donors (Lipinski definition) is 1. The molecule has 0 spiro atoms. The number of likely N-dealkylation sites (tertiary alicyclic amines) is 1. The maximum atomic E-state index is 12.6. The Labute approximate surface area is 147 Å². The Balaban J connectivity index is 1.19. The summed E-state index contributed by atoms with van der Waals surface area (Å²) in [6, 6.07) is 8.48. The number of fused-ring (bicyclic) bond motifs is 1. The Hall–Kier alpha value is -2.04. The second-order valence-corrected chi connectivity index (χ2v) is 7.93. The summed E-state index contributed by atoms with van der Waals surface area (Å²) in [6.45, 7) is 1.58. The molecule has 5 rings (SSSR count). The van der Waals surface area contributed by atoms with E-state index in [1.54, 1.807) is 0 Å². The van der Waals surface area contributed by atoms with Crippen LogP contribution in [-0.2, 0) is 0 Å². The molecule has 1 N–H and O–H groups in total. The smallest absolute Gasteiger partial charge is 0.317 e. The number of nitrogens with one attached hydrogen (secondary N) is 1. The minimum atomic E-state index is 0.139. The van der Waals surface area contributed by atoms with Crippen LogP contribution in [0.5, 0.6) is 0 Å². The third kappa shape index (κ3) is 3.12. The quantitative estimate of drug-likeness (QED) is 0.919. The Morgan fingerprint density at radius 1 is 1.08 bits per heavy atom. The normalized spacial score (nSPS) is 21.9. The molecular weight excluding hydrogens is 314 g/mol. The highest BCUT2D eigenvalue weighted by atomic mass is 16.3. The van der Waals surface area contributed by atoms with E-state index < -0.39 is 0 Å². The highest BCUT2D eigenvalue weighted by Gasteiger charge is 2.43. The van der Waals surface area contributed by atoms with Crippen LogP contribution in [0.2, 0.25) is 0 Å². The lowest BCUT2D eigenvalue weighted by atomic mass is 9.97. The number of nitrogens with zero attached hydrogens (tertiary/aromatic N) is 2. The van der Waals surface area contributed by atoms with Crippen molar-refractivity contribution in [1.29, 1.82) is 0 Å². The molecule has 2 saturated carbocycles. The van der Waals surface area contributed by atoms with Crippen molar-refractivity contribution in [3.05, 3.63) is 30.2 Å². The van der Waals surface area contributed by atoms with Gasteiger partial charge < -0.3 is 14.6 Å². The third-order valence-electron chi connectivity index (χ3n) is 5.99. The van der Waals surface area contributed by atoms with Gasteiger partial charge in [-0.3, -0.25) is 0 Å². The lowest BCUT2D eigenvalue weighted by Crippen LogP contribution is -2.49. The molecule has 0 atom stereocenters. The fourth-order valence-electron chi connectivity index (χ4n) is 4.16. The summed E-state index contributed by atoms with van der Waals surface area (Å²) in [5, 5.41) is 3.33. The van der Waals surface area contributed by atoms with E-state index >= 15 is 0 Å². The Kier molecular flexibility index (Phi) is 3.68. The molecule has 1 saturated heterocycles. The zero-order valence-electron chi connectivity index (χ0n) is 14.5. The summed E-state index contributed by atoms with van der Waals surface area (Å²) in [7, 11) is 0. The number of amides is 2. The van der Waals surface area contributed by atoms with Gasteiger partial charge in [-0.1, -0.05) is 12.1 Å². The van der Waals surface area contributed by atoms with Crippen LogP contribution >= 0.6 is 0 Å². The average molecular weight is 339 g/mol. The molecule has 2 aromatic rings. The number of benzene rings is 1. The minimum absolute atomic E-state index is 0.139. The van der Waals surface area contributed by atoms with Gasteiger partial charge >= 0.3 is 6.03 Å². The summed E-state index contributed by atoms with van der Waals surface area (Å²) in [5.41, 5.74) is 1.78.